The summed E-state index contributed by atoms with van der Waals surface area (Å²) in [5.41, 5.74) is 1.33. The zero-order valence-electron chi connectivity index (χ0n) is 16.0. The number of nitrogens with zero attached hydrogens (tertiary/aromatic N) is 4. The third kappa shape index (κ3) is 3.79. The fourth-order valence-electron chi connectivity index (χ4n) is 4.05. The number of benzene rings is 1. The van der Waals surface area contributed by atoms with Crippen LogP contribution in [0.2, 0.25) is 0 Å². The van der Waals surface area contributed by atoms with Gasteiger partial charge in [0.25, 0.3) is 0 Å². The van der Waals surface area contributed by atoms with Crippen LogP contribution in [0.15, 0.2) is 47.8 Å². The number of thiophene rings is 1. The van der Waals surface area contributed by atoms with Crippen LogP contribution < -0.4 is 9.80 Å². The Morgan fingerprint density at radius 2 is 1.86 bits per heavy atom. The van der Waals surface area contributed by atoms with Crippen molar-refractivity contribution >= 4 is 29.2 Å². The second kappa shape index (κ2) is 7.81. The average Bonchev–Trinajstić information content (AvgIpc) is 3.34. The van der Waals surface area contributed by atoms with Crippen molar-refractivity contribution in [3.8, 4) is 0 Å². The number of aromatic nitrogens is 3. The van der Waals surface area contributed by atoms with E-state index >= 15 is 0 Å². The van der Waals surface area contributed by atoms with Gasteiger partial charge in [-0.2, -0.15) is 9.78 Å². The van der Waals surface area contributed by atoms with Crippen molar-refractivity contribution in [1.82, 2.24) is 14.3 Å². The largest absolute Gasteiger partial charge is 0.360 e. The van der Waals surface area contributed by atoms with Crippen LogP contribution in [0.4, 0.5) is 5.69 Å². The van der Waals surface area contributed by atoms with Gasteiger partial charge in [0.15, 0.2) is 6.67 Å². The highest BCUT2D eigenvalue weighted by atomic mass is 32.1. The van der Waals surface area contributed by atoms with Gasteiger partial charge < -0.3 is 14.4 Å². The summed E-state index contributed by atoms with van der Waals surface area (Å²) in [4.78, 5) is 5.40. The maximum atomic E-state index is 5.84. The summed E-state index contributed by atoms with van der Waals surface area (Å²) < 4.78 is 5.32. The Hall–Kier alpha value is -1.96. The van der Waals surface area contributed by atoms with Crippen LogP contribution in [0, 0.1) is 4.77 Å². The molecule has 5 nitrogen and oxygen atoms in total. The van der Waals surface area contributed by atoms with E-state index in [1.165, 1.54) is 23.4 Å². The summed E-state index contributed by atoms with van der Waals surface area (Å²) in [6.07, 6.45) is 3.36. The lowest BCUT2D eigenvalue weighted by Crippen LogP contribution is -3.14. The highest BCUT2D eigenvalue weighted by molar-refractivity contribution is 7.71. The van der Waals surface area contributed by atoms with Gasteiger partial charge in [-0.1, -0.05) is 24.3 Å². The van der Waals surface area contributed by atoms with Gasteiger partial charge in [0.2, 0.25) is 4.77 Å². The molecule has 0 amide bonds. The molecule has 1 aliphatic heterocycles. The molecule has 2 aromatic heterocycles. The summed E-state index contributed by atoms with van der Waals surface area (Å²) in [7, 11) is 0. The Morgan fingerprint density at radius 1 is 1.07 bits per heavy atom. The van der Waals surface area contributed by atoms with Gasteiger partial charge in [0.1, 0.15) is 5.82 Å². The van der Waals surface area contributed by atoms with E-state index in [9.17, 15) is 0 Å². The van der Waals surface area contributed by atoms with Crippen molar-refractivity contribution in [3.05, 3.63) is 63.3 Å². The third-order valence-corrected chi connectivity index (χ3v) is 7.01. The van der Waals surface area contributed by atoms with Gasteiger partial charge in [0, 0.05) is 23.0 Å². The van der Waals surface area contributed by atoms with E-state index in [0.29, 0.717) is 6.04 Å². The first-order valence-electron chi connectivity index (χ1n) is 10.1. The third-order valence-electron chi connectivity index (χ3n) is 5.73. The summed E-state index contributed by atoms with van der Waals surface area (Å²) in [5, 5.41) is 7.10. The van der Waals surface area contributed by atoms with E-state index in [4.69, 9.17) is 17.3 Å². The molecule has 0 unspecified atom stereocenters. The van der Waals surface area contributed by atoms with Crippen LogP contribution in [0.5, 0.6) is 0 Å². The van der Waals surface area contributed by atoms with E-state index in [2.05, 4.69) is 62.0 Å². The van der Waals surface area contributed by atoms with Crippen molar-refractivity contribution in [2.24, 2.45) is 0 Å². The molecule has 3 heterocycles. The fraction of sp³-hybridized carbons (Fsp3) is 0.429. The minimum Gasteiger partial charge on any atom is -0.360 e. The zero-order chi connectivity index (χ0) is 18.9. The average molecular weight is 413 g/mol. The van der Waals surface area contributed by atoms with Crippen molar-refractivity contribution in [3.63, 3.8) is 0 Å². The summed E-state index contributed by atoms with van der Waals surface area (Å²) in [6, 6.07) is 15.6. The van der Waals surface area contributed by atoms with Crippen LogP contribution >= 0.6 is 23.6 Å². The Labute approximate surface area is 174 Å². The molecule has 3 aromatic rings. The van der Waals surface area contributed by atoms with E-state index in [0.717, 1.165) is 49.9 Å². The lowest BCUT2D eigenvalue weighted by atomic mass is 10.2. The van der Waals surface area contributed by atoms with Gasteiger partial charge in [-0.3, -0.25) is 0 Å². The SMILES string of the molecule is S=c1n(C[NH+]2CCN(c3ccccc3)CC2)nc(Cc2cccs2)n1C1CC1. The summed E-state index contributed by atoms with van der Waals surface area (Å²) in [6.45, 7) is 5.27. The zero-order valence-corrected chi connectivity index (χ0v) is 17.6. The predicted octanol–water partition coefficient (Wildman–Crippen LogP) is 2.76. The van der Waals surface area contributed by atoms with Crippen molar-refractivity contribution in [2.45, 2.75) is 32.0 Å². The van der Waals surface area contributed by atoms with Crippen LogP contribution in [-0.2, 0) is 13.1 Å². The van der Waals surface area contributed by atoms with Crippen molar-refractivity contribution in [1.29, 1.82) is 0 Å². The molecule has 2 aliphatic rings. The maximum absolute atomic E-state index is 5.84. The van der Waals surface area contributed by atoms with Crippen LogP contribution in [0.3, 0.4) is 0 Å². The minimum atomic E-state index is 0.571. The molecule has 1 saturated carbocycles. The lowest BCUT2D eigenvalue weighted by Gasteiger charge is -2.33. The minimum absolute atomic E-state index is 0.571. The highest BCUT2D eigenvalue weighted by Gasteiger charge is 2.29. The van der Waals surface area contributed by atoms with Crippen molar-refractivity contribution < 1.29 is 4.90 Å². The summed E-state index contributed by atoms with van der Waals surface area (Å²) in [5.74, 6) is 1.14. The Kier molecular flexibility index (Phi) is 5.05. The topological polar surface area (TPSA) is 30.4 Å². The smallest absolute Gasteiger partial charge is 0.203 e. The number of hydrogen-bond acceptors (Lipinski definition) is 4. The van der Waals surface area contributed by atoms with E-state index in [-0.39, 0.29) is 0 Å². The number of nitrogens with one attached hydrogen (secondary N) is 1. The predicted molar refractivity (Wildman–Crippen MR) is 116 cm³/mol. The molecule has 2 fully saturated rings. The molecular formula is C21H26N5S2+. The first kappa shape index (κ1) is 18.1. The number of anilines is 1. The molecule has 1 aromatic carbocycles. The first-order valence-corrected chi connectivity index (χ1v) is 11.4. The molecule has 7 heteroatoms. The highest BCUT2D eigenvalue weighted by Crippen LogP contribution is 2.36. The molecule has 1 aliphatic carbocycles. The Bertz CT molecular complexity index is 964. The van der Waals surface area contributed by atoms with E-state index in [1.54, 1.807) is 16.2 Å². The molecular weight excluding hydrogens is 386 g/mol. The molecule has 1 saturated heterocycles. The van der Waals surface area contributed by atoms with Crippen LogP contribution in [-0.4, -0.2) is 40.5 Å². The lowest BCUT2D eigenvalue weighted by molar-refractivity contribution is -0.924. The maximum Gasteiger partial charge on any atom is 0.203 e. The van der Waals surface area contributed by atoms with Gasteiger partial charge in [-0.05, 0) is 48.6 Å². The number of quaternary nitrogens is 1. The molecule has 5 rings (SSSR count). The van der Waals surface area contributed by atoms with Crippen LogP contribution in [0.1, 0.15) is 29.6 Å². The Morgan fingerprint density at radius 3 is 2.54 bits per heavy atom. The quantitative estimate of drug-likeness (QED) is 0.632. The standard InChI is InChI=1S/C21H25N5S2/c27-21-25(16-23-10-12-24(13-11-23)17-5-2-1-3-6-17)22-20(26(21)18-8-9-18)15-19-7-4-14-28-19/h1-7,14,18H,8-13,15-16H2/p+1. The molecule has 1 N–H and O–H groups in total. The van der Waals surface area contributed by atoms with Gasteiger partial charge in [-0.25, -0.2) is 0 Å². The number of hydrogen-bond donors (Lipinski definition) is 1. The number of para-hydroxylation sites is 1. The van der Waals surface area contributed by atoms with Gasteiger partial charge >= 0.3 is 0 Å². The van der Waals surface area contributed by atoms with E-state index in [1.807, 2.05) is 0 Å². The molecule has 0 atom stereocenters. The van der Waals surface area contributed by atoms with Crippen LogP contribution in [0.25, 0.3) is 0 Å². The van der Waals surface area contributed by atoms with Crippen molar-refractivity contribution in [2.75, 3.05) is 31.1 Å². The molecule has 0 spiro atoms. The second-order valence-corrected chi connectivity index (χ2v) is 9.18. The first-order chi connectivity index (χ1) is 13.8. The molecule has 146 valence electrons. The number of piperazine rings is 1. The second-order valence-electron chi connectivity index (χ2n) is 7.79. The van der Waals surface area contributed by atoms with Gasteiger partial charge in [0.05, 0.1) is 26.2 Å². The van der Waals surface area contributed by atoms with E-state index < -0.39 is 0 Å². The molecule has 0 bridgehead atoms. The van der Waals surface area contributed by atoms with Gasteiger partial charge in [-0.15, -0.1) is 11.3 Å². The Balaban J connectivity index is 1.29. The molecule has 0 radical (unpaired) electrons. The normalized spacial score (nSPS) is 17.9. The number of rotatable bonds is 6. The fourth-order valence-corrected chi connectivity index (χ4v) is 5.11. The molecule has 28 heavy (non-hydrogen) atoms. The summed E-state index contributed by atoms with van der Waals surface area (Å²) >= 11 is 7.64. The monoisotopic (exact) mass is 412 g/mol.